The largest absolute Gasteiger partial charge is 0.322 e. The molecule has 38 heavy (non-hydrogen) atoms. The van der Waals surface area contributed by atoms with Crippen LogP contribution in [-0.2, 0) is 4.79 Å². The zero-order valence-electron chi connectivity index (χ0n) is 20.3. The molecule has 3 amide bonds. The van der Waals surface area contributed by atoms with Gasteiger partial charge in [0.2, 0.25) is 5.91 Å². The van der Waals surface area contributed by atoms with Crippen LogP contribution in [0.15, 0.2) is 121 Å². The lowest BCUT2D eigenvalue weighted by atomic mass is 9.83. The van der Waals surface area contributed by atoms with Crippen LogP contribution >= 0.6 is 0 Å². The number of hydrogen-bond acceptors (Lipinski definition) is 4. The summed E-state index contributed by atoms with van der Waals surface area (Å²) >= 11 is 0. The number of fused-ring (bicyclic) bond motifs is 2. The third kappa shape index (κ3) is 4.02. The molecule has 0 unspecified atom stereocenters. The van der Waals surface area contributed by atoms with Crippen molar-refractivity contribution < 1.29 is 14.4 Å². The molecule has 0 aliphatic carbocycles. The van der Waals surface area contributed by atoms with Gasteiger partial charge in [-0.15, -0.1) is 0 Å². The molecule has 1 aromatic heterocycles. The van der Waals surface area contributed by atoms with Crippen LogP contribution in [0.4, 0.5) is 5.69 Å². The molecule has 0 spiro atoms. The lowest BCUT2D eigenvalue weighted by Gasteiger charge is -2.33. The molecule has 5 aromatic rings. The maximum atomic E-state index is 14.3. The van der Waals surface area contributed by atoms with E-state index in [-0.39, 0.29) is 0 Å². The van der Waals surface area contributed by atoms with E-state index < -0.39 is 29.7 Å². The highest BCUT2D eigenvalue weighted by molar-refractivity contribution is 6.23. The number of nitrogens with one attached hydrogen (secondary N) is 1. The summed E-state index contributed by atoms with van der Waals surface area (Å²) in [6.45, 7) is 0. The van der Waals surface area contributed by atoms with Gasteiger partial charge in [0.15, 0.2) is 0 Å². The molecule has 4 aromatic carbocycles. The molecule has 6 nitrogen and oxygen atoms in total. The lowest BCUT2D eigenvalue weighted by Crippen LogP contribution is -2.50. The Labute approximate surface area is 219 Å². The first-order chi connectivity index (χ1) is 18.6. The number of rotatable bonds is 6. The highest BCUT2D eigenvalue weighted by Crippen LogP contribution is 2.36. The molecular weight excluding hydrogens is 474 g/mol. The van der Waals surface area contributed by atoms with E-state index in [0.717, 1.165) is 21.4 Å². The van der Waals surface area contributed by atoms with E-state index in [9.17, 15) is 14.4 Å². The molecule has 0 saturated carbocycles. The van der Waals surface area contributed by atoms with Crippen molar-refractivity contribution in [1.82, 2.24) is 9.88 Å². The van der Waals surface area contributed by atoms with Gasteiger partial charge in [0.05, 0.1) is 22.3 Å². The number of hydrogen-bond donors (Lipinski definition) is 1. The zero-order chi connectivity index (χ0) is 26.1. The van der Waals surface area contributed by atoms with Gasteiger partial charge in [-0.2, -0.15) is 0 Å². The predicted octanol–water partition coefficient (Wildman–Crippen LogP) is 5.67. The fraction of sp³-hybridized carbons (Fsp3) is 0.0625. The zero-order valence-corrected chi connectivity index (χ0v) is 20.3. The van der Waals surface area contributed by atoms with Crippen LogP contribution in [0, 0.1) is 0 Å². The van der Waals surface area contributed by atoms with Crippen molar-refractivity contribution in [2.75, 3.05) is 5.32 Å². The second kappa shape index (κ2) is 9.75. The number of aromatic nitrogens is 1. The summed E-state index contributed by atoms with van der Waals surface area (Å²) in [5, 5.41) is 3.87. The van der Waals surface area contributed by atoms with Gasteiger partial charge in [-0.05, 0) is 35.4 Å². The highest BCUT2D eigenvalue weighted by atomic mass is 16.2. The molecule has 6 rings (SSSR count). The average molecular weight is 498 g/mol. The standard InChI is InChI=1S/C32H23N3O3/c36-30(34-26-19-9-15-23-16-10-20-33-28(23)26)29(35-31(37)24-17-7-8-18-25(24)32(35)38)27(21-11-3-1-4-12-21)22-13-5-2-6-14-22/h1-20,27,29H,(H,34,36)/t29-/m0/s1. The average Bonchev–Trinajstić information content (AvgIpc) is 3.22. The summed E-state index contributed by atoms with van der Waals surface area (Å²) in [5.74, 6) is -2.06. The molecule has 184 valence electrons. The number of para-hydroxylation sites is 1. The fourth-order valence-electron chi connectivity index (χ4n) is 5.17. The van der Waals surface area contributed by atoms with Gasteiger partial charge >= 0.3 is 0 Å². The predicted molar refractivity (Wildman–Crippen MR) is 146 cm³/mol. The van der Waals surface area contributed by atoms with E-state index in [2.05, 4.69) is 10.3 Å². The van der Waals surface area contributed by atoms with Crippen LogP contribution in [0.1, 0.15) is 37.8 Å². The molecule has 0 bridgehead atoms. The fourth-order valence-corrected chi connectivity index (χ4v) is 5.17. The number of benzene rings is 4. The van der Waals surface area contributed by atoms with E-state index in [1.165, 1.54) is 0 Å². The van der Waals surface area contributed by atoms with Crippen molar-refractivity contribution in [1.29, 1.82) is 0 Å². The van der Waals surface area contributed by atoms with Crippen molar-refractivity contribution in [3.05, 3.63) is 144 Å². The van der Waals surface area contributed by atoms with Crippen molar-refractivity contribution in [2.24, 2.45) is 0 Å². The molecule has 0 saturated heterocycles. The molecule has 0 radical (unpaired) electrons. The summed E-state index contributed by atoms with van der Waals surface area (Å²) in [4.78, 5) is 47.3. The van der Waals surface area contributed by atoms with Gasteiger partial charge in [-0.3, -0.25) is 24.3 Å². The Morgan fingerprint density at radius 3 is 1.82 bits per heavy atom. The van der Waals surface area contributed by atoms with E-state index in [4.69, 9.17) is 0 Å². The van der Waals surface area contributed by atoms with Gasteiger partial charge in [0.25, 0.3) is 11.8 Å². The van der Waals surface area contributed by atoms with Crippen LogP contribution in [0.5, 0.6) is 0 Å². The quantitative estimate of drug-likeness (QED) is 0.307. The van der Waals surface area contributed by atoms with Crippen LogP contribution in [-0.4, -0.2) is 33.6 Å². The SMILES string of the molecule is O=C(Nc1cccc2cccnc12)[C@H](C(c1ccccc1)c1ccccc1)N1C(=O)c2ccccc2C1=O. The number of anilines is 1. The van der Waals surface area contributed by atoms with Gasteiger partial charge in [-0.25, -0.2) is 0 Å². The van der Waals surface area contributed by atoms with E-state index >= 15 is 0 Å². The third-order valence-corrected chi connectivity index (χ3v) is 6.90. The summed E-state index contributed by atoms with van der Waals surface area (Å²) in [6.07, 6.45) is 1.66. The molecule has 1 N–H and O–H groups in total. The topological polar surface area (TPSA) is 79.4 Å². The summed E-state index contributed by atoms with van der Waals surface area (Å²) in [6, 6.07) is 33.8. The van der Waals surface area contributed by atoms with Crippen molar-refractivity contribution in [3.63, 3.8) is 0 Å². The maximum Gasteiger partial charge on any atom is 0.262 e. The molecule has 6 heteroatoms. The minimum atomic E-state index is -1.16. The number of nitrogens with zero attached hydrogens (tertiary/aromatic N) is 2. The Bertz CT molecular complexity index is 1590. The normalized spacial score (nSPS) is 13.6. The number of amides is 3. The summed E-state index contributed by atoms with van der Waals surface area (Å²) < 4.78 is 0. The minimum Gasteiger partial charge on any atom is -0.322 e. The van der Waals surface area contributed by atoms with Crippen LogP contribution in [0.2, 0.25) is 0 Å². The van der Waals surface area contributed by atoms with Gasteiger partial charge in [-0.1, -0.05) is 91.0 Å². The Hall–Kier alpha value is -5.10. The van der Waals surface area contributed by atoms with Crippen molar-refractivity contribution in [3.8, 4) is 0 Å². The maximum absolute atomic E-state index is 14.3. The third-order valence-electron chi connectivity index (χ3n) is 6.90. The summed E-state index contributed by atoms with van der Waals surface area (Å²) in [7, 11) is 0. The lowest BCUT2D eigenvalue weighted by molar-refractivity contribution is -0.120. The van der Waals surface area contributed by atoms with Crippen LogP contribution < -0.4 is 5.32 Å². The number of carbonyl (C=O) groups excluding carboxylic acids is 3. The molecule has 1 atom stereocenters. The molecule has 1 aliphatic heterocycles. The molecule has 1 aliphatic rings. The summed E-state index contributed by atoms with van der Waals surface area (Å²) in [5.41, 5.74) is 3.34. The Balaban J connectivity index is 1.51. The Morgan fingerprint density at radius 2 is 1.21 bits per heavy atom. The van der Waals surface area contributed by atoms with Gasteiger partial charge < -0.3 is 5.32 Å². The monoisotopic (exact) mass is 497 g/mol. The number of imide groups is 1. The molecular formula is C32H23N3O3. The van der Waals surface area contributed by atoms with E-state index in [0.29, 0.717) is 22.3 Å². The second-order valence-corrected chi connectivity index (χ2v) is 9.14. The van der Waals surface area contributed by atoms with Crippen LogP contribution in [0.3, 0.4) is 0 Å². The Kier molecular flexibility index (Phi) is 5.98. The van der Waals surface area contributed by atoms with Crippen molar-refractivity contribution in [2.45, 2.75) is 12.0 Å². The van der Waals surface area contributed by atoms with Crippen LogP contribution in [0.25, 0.3) is 10.9 Å². The van der Waals surface area contributed by atoms with E-state index in [1.54, 1.807) is 36.5 Å². The molecule has 2 heterocycles. The first-order valence-corrected chi connectivity index (χ1v) is 12.3. The van der Waals surface area contributed by atoms with Crippen molar-refractivity contribution >= 4 is 34.3 Å². The number of pyridine rings is 1. The first kappa shape index (κ1) is 23.3. The second-order valence-electron chi connectivity index (χ2n) is 9.14. The Morgan fingerprint density at radius 1 is 0.658 bits per heavy atom. The smallest absolute Gasteiger partial charge is 0.262 e. The minimum absolute atomic E-state index is 0.294. The van der Waals surface area contributed by atoms with Gasteiger partial charge in [0.1, 0.15) is 6.04 Å². The van der Waals surface area contributed by atoms with Gasteiger partial charge in [0, 0.05) is 17.5 Å². The number of carbonyl (C=O) groups is 3. The van der Waals surface area contributed by atoms with E-state index in [1.807, 2.05) is 84.9 Å². The highest BCUT2D eigenvalue weighted by Gasteiger charge is 2.47. The molecule has 0 fully saturated rings. The first-order valence-electron chi connectivity index (χ1n) is 12.3.